The summed E-state index contributed by atoms with van der Waals surface area (Å²) in [5.41, 5.74) is 0.0668. The third-order valence-electron chi connectivity index (χ3n) is 7.79. The molecule has 0 bridgehead atoms. The molecule has 3 N–H and O–H groups in total. The van der Waals surface area contributed by atoms with Crippen molar-refractivity contribution in [3.8, 4) is 11.5 Å². The number of urea groups is 2. The van der Waals surface area contributed by atoms with Crippen LogP contribution in [0.15, 0.2) is 36.4 Å². The van der Waals surface area contributed by atoms with E-state index in [1.54, 1.807) is 29.2 Å². The summed E-state index contributed by atoms with van der Waals surface area (Å²) in [6.45, 7) is 0.0858. The Hall–Kier alpha value is -4.35. The van der Waals surface area contributed by atoms with Gasteiger partial charge >= 0.3 is 12.1 Å². The number of ether oxygens (including phenoxy) is 2. The second-order valence-electron chi connectivity index (χ2n) is 10.2. The molecule has 1 saturated carbocycles. The third kappa shape index (κ3) is 4.39. The summed E-state index contributed by atoms with van der Waals surface area (Å²) in [6, 6.07) is 7.74. The predicted molar refractivity (Wildman–Crippen MR) is 136 cm³/mol. The van der Waals surface area contributed by atoms with E-state index in [0.717, 1.165) is 17.7 Å². The molecule has 12 heteroatoms. The standard InChI is InChI=1S/C27H28FN5O6/c1-29-25(36)30-18-5-6-19-22(11-18)38-9-8-27(19)24(35)33(26(37)31-27)13-23(34)32-12-16-10-17(28)4-7-21(16)39-14-20(32)15-2-3-15/h4-7,10-11,15,20H,2-3,8-9,12-14H2,1H3,(H,31,37)(H2,29,30,36)/t20-,27-/m0/s1. The van der Waals surface area contributed by atoms with Crippen molar-refractivity contribution in [2.24, 2.45) is 5.92 Å². The fourth-order valence-corrected chi connectivity index (χ4v) is 5.59. The minimum Gasteiger partial charge on any atom is -0.493 e. The van der Waals surface area contributed by atoms with E-state index in [4.69, 9.17) is 9.47 Å². The van der Waals surface area contributed by atoms with Gasteiger partial charge in [-0.15, -0.1) is 0 Å². The van der Waals surface area contributed by atoms with Crippen LogP contribution < -0.4 is 25.4 Å². The molecule has 3 aliphatic heterocycles. The number of hydrogen-bond acceptors (Lipinski definition) is 6. The molecule has 0 radical (unpaired) electrons. The first-order chi connectivity index (χ1) is 18.8. The highest BCUT2D eigenvalue weighted by atomic mass is 19.1. The summed E-state index contributed by atoms with van der Waals surface area (Å²) in [7, 11) is 1.49. The van der Waals surface area contributed by atoms with E-state index in [2.05, 4.69) is 16.0 Å². The van der Waals surface area contributed by atoms with Gasteiger partial charge in [-0.1, -0.05) is 6.07 Å². The molecule has 11 nitrogen and oxygen atoms in total. The van der Waals surface area contributed by atoms with Crippen molar-refractivity contribution in [2.75, 3.05) is 32.1 Å². The Morgan fingerprint density at radius 1 is 1.13 bits per heavy atom. The molecule has 6 amide bonds. The van der Waals surface area contributed by atoms with Crippen LogP contribution in [0, 0.1) is 11.7 Å². The lowest BCUT2D eigenvalue weighted by atomic mass is 9.84. The molecule has 2 atom stereocenters. The predicted octanol–water partition coefficient (Wildman–Crippen LogP) is 2.31. The molecule has 39 heavy (non-hydrogen) atoms. The quantitative estimate of drug-likeness (QED) is 0.514. The van der Waals surface area contributed by atoms with Gasteiger partial charge in [0.25, 0.3) is 5.91 Å². The average molecular weight is 538 g/mol. The summed E-state index contributed by atoms with van der Waals surface area (Å²) >= 11 is 0. The smallest absolute Gasteiger partial charge is 0.325 e. The number of hydrogen-bond donors (Lipinski definition) is 3. The summed E-state index contributed by atoms with van der Waals surface area (Å²) in [4.78, 5) is 54.8. The first kappa shape index (κ1) is 25.0. The van der Waals surface area contributed by atoms with Crippen LogP contribution in [0.5, 0.6) is 11.5 Å². The van der Waals surface area contributed by atoms with Gasteiger partial charge in [0.15, 0.2) is 5.54 Å². The van der Waals surface area contributed by atoms with Crippen LogP contribution in [0.1, 0.15) is 30.4 Å². The van der Waals surface area contributed by atoms with Gasteiger partial charge in [-0.25, -0.2) is 14.0 Å². The van der Waals surface area contributed by atoms with E-state index in [9.17, 15) is 23.6 Å². The largest absolute Gasteiger partial charge is 0.493 e. The van der Waals surface area contributed by atoms with Gasteiger partial charge in [0, 0.05) is 42.9 Å². The lowest BCUT2D eigenvalue weighted by Gasteiger charge is -2.34. The normalized spacial score (nSPS) is 23.7. The molecule has 2 aromatic carbocycles. The van der Waals surface area contributed by atoms with Crippen molar-refractivity contribution in [2.45, 2.75) is 37.4 Å². The molecule has 6 rings (SSSR count). The number of amides is 6. The minimum atomic E-state index is -1.38. The number of carbonyl (C=O) groups is 4. The number of halogens is 1. The van der Waals surface area contributed by atoms with Gasteiger partial charge in [0.1, 0.15) is 30.5 Å². The Kier molecular flexibility index (Phi) is 6.04. The molecular formula is C27H28FN5O6. The monoisotopic (exact) mass is 537 g/mol. The average Bonchev–Trinajstić information content (AvgIpc) is 3.74. The molecular weight excluding hydrogens is 509 g/mol. The number of rotatable bonds is 4. The zero-order chi connectivity index (χ0) is 27.3. The Bertz CT molecular complexity index is 1380. The SMILES string of the molecule is CNC(=O)Nc1ccc2c(c1)OCC[C@]21NC(=O)N(CC(=O)N2Cc3cc(F)ccc3OC[C@H]2C2CC2)C1=O. The van der Waals surface area contributed by atoms with Gasteiger partial charge in [-0.2, -0.15) is 0 Å². The van der Waals surface area contributed by atoms with E-state index >= 15 is 0 Å². The highest BCUT2D eigenvalue weighted by molar-refractivity contribution is 6.10. The first-order valence-corrected chi connectivity index (χ1v) is 12.9. The molecule has 1 spiro atoms. The zero-order valence-electron chi connectivity index (χ0n) is 21.3. The van der Waals surface area contributed by atoms with E-state index in [0.29, 0.717) is 28.3 Å². The Morgan fingerprint density at radius 2 is 1.95 bits per heavy atom. The second-order valence-corrected chi connectivity index (χ2v) is 10.2. The van der Waals surface area contributed by atoms with E-state index in [-0.39, 0.29) is 38.1 Å². The number of nitrogens with zero attached hydrogens (tertiary/aromatic N) is 2. The first-order valence-electron chi connectivity index (χ1n) is 12.9. The van der Waals surface area contributed by atoms with Crippen molar-refractivity contribution in [1.82, 2.24) is 20.4 Å². The second kappa shape index (κ2) is 9.44. The number of carbonyl (C=O) groups excluding carboxylic acids is 4. The summed E-state index contributed by atoms with van der Waals surface area (Å²) in [5, 5.41) is 7.91. The Morgan fingerprint density at radius 3 is 2.72 bits per heavy atom. The van der Waals surface area contributed by atoms with E-state index in [1.165, 1.54) is 19.2 Å². The highest BCUT2D eigenvalue weighted by Crippen LogP contribution is 2.43. The lowest BCUT2D eigenvalue weighted by Crippen LogP contribution is -2.50. The van der Waals surface area contributed by atoms with Crippen molar-refractivity contribution < 1.29 is 33.0 Å². The topological polar surface area (TPSA) is 129 Å². The summed E-state index contributed by atoms with van der Waals surface area (Å²) in [6.07, 6.45) is 2.08. The number of benzene rings is 2. The number of fused-ring (bicyclic) bond motifs is 3. The Balaban J connectivity index is 1.25. The molecule has 4 aliphatic rings. The fraction of sp³-hybridized carbons (Fsp3) is 0.407. The van der Waals surface area contributed by atoms with E-state index in [1.807, 2.05) is 0 Å². The molecule has 1 saturated heterocycles. The van der Waals surface area contributed by atoms with E-state index < -0.39 is 41.8 Å². The lowest BCUT2D eigenvalue weighted by molar-refractivity contribution is -0.141. The van der Waals surface area contributed by atoms with Crippen LogP contribution in [0.25, 0.3) is 0 Å². The van der Waals surface area contributed by atoms with Crippen molar-refractivity contribution in [1.29, 1.82) is 0 Å². The number of anilines is 1. The van der Waals surface area contributed by atoms with Crippen LogP contribution in [-0.2, 0) is 21.7 Å². The molecule has 2 fully saturated rings. The molecule has 2 aromatic rings. The molecule has 1 aliphatic carbocycles. The summed E-state index contributed by atoms with van der Waals surface area (Å²) < 4.78 is 25.7. The summed E-state index contributed by atoms with van der Waals surface area (Å²) in [5.74, 6) is -0.257. The maximum Gasteiger partial charge on any atom is 0.325 e. The van der Waals surface area contributed by atoms with Gasteiger partial charge in [0.05, 0.1) is 12.6 Å². The molecule has 3 heterocycles. The van der Waals surface area contributed by atoms with Crippen molar-refractivity contribution in [3.63, 3.8) is 0 Å². The van der Waals surface area contributed by atoms with Crippen LogP contribution >= 0.6 is 0 Å². The van der Waals surface area contributed by atoms with Crippen LogP contribution in [-0.4, -0.2) is 66.5 Å². The maximum absolute atomic E-state index is 14.0. The third-order valence-corrected chi connectivity index (χ3v) is 7.79. The Labute approximate surface area is 223 Å². The van der Waals surface area contributed by atoms with Crippen LogP contribution in [0.4, 0.5) is 19.7 Å². The maximum atomic E-state index is 14.0. The fourth-order valence-electron chi connectivity index (χ4n) is 5.59. The van der Waals surface area contributed by atoms with Crippen molar-refractivity contribution >= 4 is 29.6 Å². The van der Waals surface area contributed by atoms with Crippen LogP contribution in [0.2, 0.25) is 0 Å². The zero-order valence-corrected chi connectivity index (χ0v) is 21.3. The molecule has 0 aromatic heterocycles. The van der Waals surface area contributed by atoms with Crippen molar-refractivity contribution in [3.05, 3.63) is 53.3 Å². The molecule has 204 valence electrons. The number of nitrogens with one attached hydrogen (secondary N) is 3. The van der Waals surface area contributed by atoms with Gasteiger partial charge in [0.2, 0.25) is 5.91 Å². The van der Waals surface area contributed by atoms with Gasteiger partial charge < -0.3 is 30.3 Å². The number of imide groups is 1. The molecule has 0 unspecified atom stereocenters. The van der Waals surface area contributed by atoms with Gasteiger partial charge in [-0.05, 0) is 43.0 Å². The van der Waals surface area contributed by atoms with Crippen LogP contribution in [0.3, 0.4) is 0 Å². The highest BCUT2D eigenvalue weighted by Gasteiger charge is 2.55. The minimum absolute atomic E-state index is 0.125. The van der Waals surface area contributed by atoms with Gasteiger partial charge in [-0.3, -0.25) is 14.5 Å².